The number of rotatable bonds is 6. The van der Waals surface area contributed by atoms with Crippen LogP contribution in [-0.4, -0.2) is 18.3 Å². The van der Waals surface area contributed by atoms with E-state index >= 15 is 0 Å². The maximum absolute atomic E-state index is 10.6. The van der Waals surface area contributed by atoms with E-state index in [1.807, 2.05) is 45.0 Å². The van der Waals surface area contributed by atoms with E-state index in [0.717, 1.165) is 14.9 Å². The smallest absolute Gasteiger partial charge is 0.162 e. The fourth-order valence-electron chi connectivity index (χ4n) is 2.05. The molecule has 114 valence electrons. The van der Waals surface area contributed by atoms with Crippen LogP contribution in [-0.2, 0) is 0 Å². The highest BCUT2D eigenvalue weighted by atomic mass is 79.9. The molecule has 2 rings (SSSR count). The summed E-state index contributed by atoms with van der Waals surface area (Å²) in [4.78, 5) is 2.09. The fraction of sp³-hybridized carbons (Fsp3) is 0.375. The summed E-state index contributed by atoms with van der Waals surface area (Å²) in [6, 6.07) is 7.66. The minimum Gasteiger partial charge on any atom is -0.490 e. The molecule has 0 spiro atoms. The number of halogens is 1. The zero-order valence-electron chi connectivity index (χ0n) is 12.4. The van der Waals surface area contributed by atoms with Crippen LogP contribution in [0.2, 0.25) is 0 Å². The molecule has 0 aliphatic heterocycles. The van der Waals surface area contributed by atoms with Gasteiger partial charge in [0, 0.05) is 19.8 Å². The van der Waals surface area contributed by atoms with Gasteiger partial charge < -0.3 is 14.6 Å². The third kappa shape index (κ3) is 3.78. The maximum atomic E-state index is 10.6. The molecule has 1 aromatic heterocycles. The van der Waals surface area contributed by atoms with Crippen LogP contribution in [0, 0.1) is 6.92 Å². The maximum Gasteiger partial charge on any atom is 0.162 e. The molecule has 0 saturated heterocycles. The number of aliphatic hydroxyl groups excluding tert-OH is 1. The number of benzene rings is 1. The first-order valence-corrected chi connectivity index (χ1v) is 8.51. The van der Waals surface area contributed by atoms with Crippen molar-refractivity contribution in [3.63, 3.8) is 0 Å². The average molecular weight is 371 g/mol. The van der Waals surface area contributed by atoms with E-state index in [1.54, 1.807) is 11.3 Å². The van der Waals surface area contributed by atoms with Crippen molar-refractivity contribution in [1.82, 2.24) is 0 Å². The first kappa shape index (κ1) is 16.3. The monoisotopic (exact) mass is 370 g/mol. The van der Waals surface area contributed by atoms with E-state index in [9.17, 15) is 5.11 Å². The molecule has 0 radical (unpaired) electrons. The molecule has 1 heterocycles. The molecule has 2 aromatic rings. The molecule has 1 atom stereocenters. The minimum atomic E-state index is -0.673. The zero-order chi connectivity index (χ0) is 15.4. The Morgan fingerprint density at radius 1 is 1.14 bits per heavy atom. The van der Waals surface area contributed by atoms with Gasteiger partial charge in [0.2, 0.25) is 0 Å². The zero-order valence-corrected chi connectivity index (χ0v) is 14.8. The van der Waals surface area contributed by atoms with E-state index in [4.69, 9.17) is 9.47 Å². The SMILES string of the molecule is CCOc1cc(Br)c(C(O)c2ccc(C)s2)cc1OCC. The average Bonchev–Trinajstić information content (AvgIpc) is 2.88. The van der Waals surface area contributed by atoms with E-state index < -0.39 is 6.10 Å². The highest BCUT2D eigenvalue weighted by Crippen LogP contribution is 2.39. The Balaban J connectivity index is 2.40. The van der Waals surface area contributed by atoms with Gasteiger partial charge in [0.25, 0.3) is 0 Å². The lowest BCUT2D eigenvalue weighted by Gasteiger charge is -2.17. The van der Waals surface area contributed by atoms with Gasteiger partial charge in [-0.3, -0.25) is 0 Å². The summed E-state index contributed by atoms with van der Waals surface area (Å²) in [5.41, 5.74) is 0.781. The van der Waals surface area contributed by atoms with Gasteiger partial charge in [0.15, 0.2) is 11.5 Å². The fourth-order valence-corrected chi connectivity index (χ4v) is 3.47. The van der Waals surface area contributed by atoms with Gasteiger partial charge in [-0.25, -0.2) is 0 Å². The lowest BCUT2D eigenvalue weighted by Crippen LogP contribution is -2.03. The van der Waals surface area contributed by atoms with Gasteiger partial charge in [-0.1, -0.05) is 15.9 Å². The normalized spacial score (nSPS) is 12.2. The van der Waals surface area contributed by atoms with Gasteiger partial charge in [0.1, 0.15) is 6.10 Å². The lowest BCUT2D eigenvalue weighted by atomic mass is 10.1. The van der Waals surface area contributed by atoms with E-state index in [-0.39, 0.29) is 0 Å². The number of hydrogen-bond acceptors (Lipinski definition) is 4. The van der Waals surface area contributed by atoms with Gasteiger partial charge in [-0.05, 0) is 45.0 Å². The number of hydrogen-bond donors (Lipinski definition) is 1. The number of aryl methyl sites for hydroxylation is 1. The van der Waals surface area contributed by atoms with Crippen LogP contribution >= 0.6 is 27.3 Å². The molecule has 0 aliphatic carbocycles. The Labute approximate surface area is 137 Å². The minimum absolute atomic E-state index is 0.551. The molecule has 0 aliphatic rings. The second kappa shape index (κ2) is 7.29. The third-order valence-corrected chi connectivity index (χ3v) is 4.73. The Kier molecular flexibility index (Phi) is 5.67. The van der Waals surface area contributed by atoms with Crippen molar-refractivity contribution in [3.8, 4) is 11.5 Å². The second-order valence-corrected chi connectivity index (χ2v) is 6.71. The Morgan fingerprint density at radius 3 is 2.29 bits per heavy atom. The van der Waals surface area contributed by atoms with Gasteiger partial charge in [-0.15, -0.1) is 11.3 Å². The molecule has 21 heavy (non-hydrogen) atoms. The number of ether oxygens (including phenoxy) is 2. The molecule has 0 fully saturated rings. The van der Waals surface area contributed by atoms with Crippen LogP contribution < -0.4 is 9.47 Å². The molecule has 1 N–H and O–H groups in total. The molecule has 5 heteroatoms. The van der Waals surface area contributed by atoms with Crippen molar-refractivity contribution < 1.29 is 14.6 Å². The Morgan fingerprint density at radius 2 is 1.76 bits per heavy atom. The molecule has 0 amide bonds. The van der Waals surface area contributed by atoms with Crippen molar-refractivity contribution >= 4 is 27.3 Å². The molecule has 1 unspecified atom stereocenters. The summed E-state index contributed by atoms with van der Waals surface area (Å²) in [6.45, 7) is 7.00. The van der Waals surface area contributed by atoms with Crippen molar-refractivity contribution in [3.05, 3.63) is 44.1 Å². The summed E-state index contributed by atoms with van der Waals surface area (Å²) in [5.74, 6) is 1.34. The van der Waals surface area contributed by atoms with E-state index in [0.29, 0.717) is 24.7 Å². The molecule has 0 bridgehead atoms. The predicted octanol–water partition coefficient (Wildman–Crippen LogP) is 4.70. The van der Waals surface area contributed by atoms with Crippen LogP contribution in [0.3, 0.4) is 0 Å². The van der Waals surface area contributed by atoms with Gasteiger partial charge in [0.05, 0.1) is 13.2 Å². The van der Waals surface area contributed by atoms with Crippen molar-refractivity contribution in [2.45, 2.75) is 26.9 Å². The third-order valence-electron chi connectivity index (χ3n) is 2.99. The predicted molar refractivity (Wildman–Crippen MR) is 89.6 cm³/mol. The van der Waals surface area contributed by atoms with Crippen molar-refractivity contribution in [2.75, 3.05) is 13.2 Å². The Hall–Kier alpha value is -1.04. The molecule has 3 nitrogen and oxygen atoms in total. The van der Waals surface area contributed by atoms with Crippen LogP contribution in [0.25, 0.3) is 0 Å². The first-order chi connectivity index (χ1) is 10.1. The summed E-state index contributed by atoms with van der Waals surface area (Å²) in [6.07, 6.45) is -0.673. The Bertz CT molecular complexity index is 610. The second-order valence-electron chi connectivity index (χ2n) is 4.54. The summed E-state index contributed by atoms with van der Waals surface area (Å²) in [7, 11) is 0. The molecule has 1 aromatic carbocycles. The first-order valence-electron chi connectivity index (χ1n) is 6.90. The van der Waals surface area contributed by atoms with Gasteiger partial charge in [-0.2, -0.15) is 0 Å². The van der Waals surface area contributed by atoms with E-state index in [2.05, 4.69) is 15.9 Å². The number of aliphatic hydroxyl groups is 1. The highest BCUT2D eigenvalue weighted by Gasteiger charge is 2.19. The molecular weight excluding hydrogens is 352 g/mol. The van der Waals surface area contributed by atoms with Crippen molar-refractivity contribution in [2.24, 2.45) is 0 Å². The molecular formula is C16H19BrO3S. The van der Waals surface area contributed by atoms with E-state index in [1.165, 1.54) is 4.88 Å². The largest absolute Gasteiger partial charge is 0.490 e. The van der Waals surface area contributed by atoms with Crippen LogP contribution in [0.5, 0.6) is 11.5 Å². The van der Waals surface area contributed by atoms with Crippen LogP contribution in [0.4, 0.5) is 0 Å². The lowest BCUT2D eigenvalue weighted by molar-refractivity contribution is 0.221. The summed E-state index contributed by atoms with van der Waals surface area (Å²) >= 11 is 5.11. The summed E-state index contributed by atoms with van der Waals surface area (Å²) < 4.78 is 12.0. The number of thiophene rings is 1. The quantitative estimate of drug-likeness (QED) is 0.800. The van der Waals surface area contributed by atoms with Crippen LogP contribution in [0.1, 0.15) is 35.3 Å². The topological polar surface area (TPSA) is 38.7 Å². The summed E-state index contributed by atoms with van der Waals surface area (Å²) in [5, 5.41) is 10.6. The van der Waals surface area contributed by atoms with Crippen molar-refractivity contribution in [1.29, 1.82) is 0 Å². The molecule has 0 saturated carbocycles. The van der Waals surface area contributed by atoms with Crippen LogP contribution in [0.15, 0.2) is 28.7 Å². The highest BCUT2D eigenvalue weighted by molar-refractivity contribution is 9.10. The van der Waals surface area contributed by atoms with Gasteiger partial charge >= 0.3 is 0 Å². The standard InChI is InChI=1S/C16H19BrO3S/c1-4-19-13-8-11(12(17)9-14(13)20-5-2)16(18)15-7-6-10(3)21-15/h6-9,16,18H,4-5H2,1-3H3.